The van der Waals surface area contributed by atoms with Crippen molar-refractivity contribution in [3.05, 3.63) is 102 Å². The Morgan fingerprint density at radius 3 is 2.59 bits per heavy atom. The summed E-state index contributed by atoms with van der Waals surface area (Å²) in [6, 6.07) is 19.3. The summed E-state index contributed by atoms with van der Waals surface area (Å²) < 4.78 is 0. The predicted octanol–water partition coefficient (Wildman–Crippen LogP) is 5.55. The van der Waals surface area contributed by atoms with E-state index in [1.54, 1.807) is 24.7 Å². The molecule has 2 aromatic heterocycles. The zero-order valence-electron chi connectivity index (χ0n) is 17.9. The molecule has 0 aliphatic rings. The maximum atomic E-state index is 12.4. The molecule has 32 heavy (non-hydrogen) atoms. The second-order valence-corrected chi connectivity index (χ2v) is 7.40. The smallest absolute Gasteiger partial charge is 0.248 e. The van der Waals surface area contributed by atoms with Gasteiger partial charge in [-0.2, -0.15) is 0 Å². The first-order valence-corrected chi connectivity index (χ1v) is 10.2. The monoisotopic (exact) mass is 421 g/mol. The third-order valence-corrected chi connectivity index (χ3v) is 4.87. The number of aromatic nitrogens is 3. The summed E-state index contributed by atoms with van der Waals surface area (Å²) in [5.74, 6) is 0.271. The second-order valence-electron chi connectivity index (χ2n) is 7.40. The molecule has 0 fully saturated rings. The molecule has 2 aromatic carbocycles. The van der Waals surface area contributed by atoms with Crippen molar-refractivity contribution >= 4 is 29.3 Å². The fraction of sp³-hybridized carbons (Fsp3) is 0.0769. The van der Waals surface area contributed by atoms with Crippen molar-refractivity contribution in [2.45, 2.75) is 13.8 Å². The highest BCUT2D eigenvalue weighted by atomic mass is 16.1. The van der Waals surface area contributed by atoms with Gasteiger partial charge in [-0.25, -0.2) is 9.97 Å². The van der Waals surface area contributed by atoms with Gasteiger partial charge >= 0.3 is 0 Å². The van der Waals surface area contributed by atoms with Gasteiger partial charge in [0.2, 0.25) is 11.9 Å². The number of nitrogens with zero attached hydrogens (tertiary/aromatic N) is 3. The van der Waals surface area contributed by atoms with Gasteiger partial charge in [-0.3, -0.25) is 9.78 Å². The third kappa shape index (κ3) is 5.43. The molecule has 0 saturated carbocycles. The van der Waals surface area contributed by atoms with Crippen LogP contribution in [-0.4, -0.2) is 20.9 Å². The number of rotatable bonds is 6. The number of benzene rings is 2. The number of aryl methyl sites for hydroxylation is 2. The van der Waals surface area contributed by atoms with E-state index in [1.165, 1.54) is 11.6 Å². The van der Waals surface area contributed by atoms with E-state index in [2.05, 4.69) is 25.6 Å². The second kappa shape index (κ2) is 9.66. The van der Waals surface area contributed by atoms with E-state index in [-0.39, 0.29) is 5.91 Å². The number of carbonyl (C=O) groups excluding carboxylic acids is 1. The largest absolute Gasteiger partial charge is 0.324 e. The third-order valence-electron chi connectivity index (χ3n) is 4.87. The van der Waals surface area contributed by atoms with Crippen molar-refractivity contribution in [3.8, 4) is 11.3 Å². The molecule has 2 heterocycles. The molecule has 1 amide bonds. The van der Waals surface area contributed by atoms with Gasteiger partial charge in [0, 0.05) is 41.6 Å². The highest BCUT2D eigenvalue weighted by molar-refractivity contribution is 6.02. The van der Waals surface area contributed by atoms with E-state index in [4.69, 9.17) is 0 Å². The Morgan fingerprint density at radius 1 is 0.969 bits per heavy atom. The van der Waals surface area contributed by atoms with Crippen LogP contribution in [0.2, 0.25) is 0 Å². The van der Waals surface area contributed by atoms with Crippen molar-refractivity contribution in [1.29, 1.82) is 0 Å². The Bertz CT molecular complexity index is 1250. The molecule has 4 rings (SSSR count). The van der Waals surface area contributed by atoms with Crippen LogP contribution in [0, 0.1) is 13.8 Å². The van der Waals surface area contributed by atoms with Gasteiger partial charge in [0.15, 0.2) is 0 Å². The Balaban J connectivity index is 1.47. The van der Waals surface area contributed by atoms with Crippen molar-refractivity contribution in [1.82, 2.24) is 15.0 Å². The molecule has 0 aliphatic heterocycles. The van der Waals surface area contributed by atoms with E-state index in [9.17, 15) is 4.79 Å². The highest BCUT2D eigenvalue weighted by Gasteiger charge is 2.07. The minimum Gasteiger partial charge on any atom is -0.324 e. The average Bonchev–Trinajstić information content (AvgIpc) is 2.82. The maximum absolute atomic E-state index is 12.4. The minimum atomic E-state index is -0.199. The van der Waals surface area contributed by atoms with Crippen LogP contribution in [-0.2, 0) is 4.79 Å². The SMILES string of the molecule is Cc1ccc(/C=C/C(=O)Nc2ccc(C)c(Nc3nccc(-c4cccnc4)n3)c2)cc1. The first-order chi connectivity index (χ1) is 15.6. The van der Waals surface area contributed by atoms with Gasteiger partial charge in [0.05, 0.1) is 5.69 Å². The molecule has 2 N–H and O–H groups in total. The lowest BCUT2D eigenvalue weighted by Crippen LogP contribution is -2.08. The fourth-order valence-corrected chi connectivity index (χ4v) is 3.08. The van der Waals surface area contributed by atoms with Gasteiger partial charge in [-0.05, 0) is 61.4 Å². The van der Waals surface area contributed by atoms with E-state index in [1.807, 2.05) is 74.5 Å². The molecule has 6 heteroatoms. The van der Waals surface area contributed by atoms with Crippen LogP contribution in [0.5, 0.6) is 0 Å². The number of amides is 1. The molecule has 0 radical (unpaired) electrons. The Morgan fingerprint density at radius 2 is 1.81 bits per heavy atom. The van der Waals surface area contributed by atoms with Crippen LogP contribution in [0.15, 0.2) is 85.3 Å². The summed E-state index contributed by atoms with van der Waals surface area (Å²) in [4.78, 5) is 25.4. The Hall–Kier alpha value is -4.32. The van der Waals surface area contributed by atoms with Crippen molar-refractivity contribution in [3.63, 3.8) is 0 Å². The van der Waals surface area contributed by atoms with E-state index in [0.717, 1.165) is 28.1 Å². The summed E-state index contributed by atoms with van der Waals surface area (Å²) in [7, 11) is 0. The number of nitrogens with one attached hydrogen (secondary N) is 2. The molecule has 158 valence electrons. The number of anilines is 3. The molecule has 0 spiro atoms. The average molecular weight is 422 g/mol. The van der Waals surface area contributed by atoms with Crippen LogP contribution >= 0.6 is 0 Å². The predicted molar refractivity (Wildman–Crippen MR) is 129 cm³/mol. The van der Waals surface area contributed by atoms with Gasteiger partial charge in [0.25, 0.3) is 0 Å². The lowest BCUT2D eigenvalue weighted by atomic mass is 10.1. The topological polar surface area (TPSA) is 79.8 Å². The number of hydrogen-bond donors (Lipinski definition) is 2. The Labute approximate surface area is 187 Å². The molecule has 4 aromatic rings. The lowest BCUT2D eigenvalue weighted by molar-refractivity contribution is -0.111. The molecule has 0 aliphatic carbocycles. The van der Waals surface area contributed by atoms with Crippen LogP contribution in [0.25, 0.3) is 17.3 Å². The first kappa shape index (κ1) is 20.9. The normalized spacial score (nSPS) is 10.8. The highest BCUT2D eigenvalue weighted by Crippen LogP contribution is 2.24. The zero-order valence-corrected chi connectivity index (χ0v) is 17.9. The first-order valence-electron chi connectivity index (χ1n) is 10.2. The summed E-state index contributed by atoms with van der Waals surface area (Å²) in [6.45, 7) is 4.01. The van der Waals surface area contributed by atoms with Crippen LogP contribution in [0.3, 0.4) is 0 Å². The molecular weight excluding hydrogens is 398 g/mol. The minimum absolute atomic E-state index is 0.199. The lowest BCUT2D eigenvalue weighted by Gasteiger charge is -2.11. The molecule has 0 unspecified atom stereocenters. The van der Waals surface area contributed by atoms with Gasteiger partial charge < -0.3 is 10.6 Å². The van der Waals surface area contributed by atoms with Gasteiger partial charge in [-0.15, -0.1) is 0 Å². The molecule has 0 bridgehead atoms. The summed E-state index contributed by atoms with van der Waals surface area (Å²) in [5, 5.41) is 6.15. The quantitative estimate of drug-likeness (QED) is 0.399. The van der Waals surface area contributed by atoms with E-state index >= 15 is 0 Å². The Kier molecular flexibility index (Phi) is 6.32. The van der Waals surface area contributed by atoms with Crippen LogP contribution in [0.1, 0.15) is 16.7 Å². The summed E-state index contributed by atoms with van der Waals surface area (Å²) in [5.41, 5.74) is 6.35. The number of carbonyl (C=O) groups is 1. The van der Waals surface area contributed by atoms with E-state index in [0.29, 0.717) is 11.6 Å². The molecule has 0 saturated heterocycles. The van der Waals surface area contributed by atoms with Crippen LogP contribution in [0.4, 0.5) is 17.3 Å². The summed E-state index contributed by atoms with van der Waals surface area (Å²) in [6.07, 6.45) is 8.51. The maximum Gasteiger partial charge on any atom is 0.248 e. The standard InChI is InChI=1S/C26H23N5O/c1-18-5-8-20(9-6-18)10-12-25(32)29-22-11-7-19(2)24(16-22)31-26-28-15-13-23(30-26)21-4-3-14-27-17-21/h3-17H,1-2H3,(H,29,32)(H,28,30,31)/b12-10+. The zero-order chi connectivity index (χ0) is 22.3. The number of hydrogen-bond acceptors (Lipinski definition) is 5. The van der Waals surface area contributed by atoms with Gasteiger partial charge in [-0.1, -0.05) is 35.9 Å². The van der Waals surface area contributed by atoms with E-state index < -0.39 is 0 Å². The summed E-state index contributed by atoms with van der Waals surface area (Å²) >= 11 is 0. The molecular formula is C26H23N5O. The number of pyridine rings is 1. The van der Waals surface area contributed by atoms with Crippen LogP contribution < -0.4 is 10.6 Å². The molecule has 0 atom stereocenters. The fourth-order valence-electron chi connectivity index (χ4n) is 3.08. The van der Waals surface area contributed by atoms with Crippen molar-refractivity contribution in [2.24, 2.45) is 0 Å². The molecule has 6 nitrogen and oxygen atoms in total. The van der Waals surface area contributed by atoms with Crippen molar-refractivity contribution < 1.29 is 4.79 Å². The van der Waals surface area contributed by atoms with Crippen molar-refractivity contribution in [2.75, 3.05) is 10.6 Å². The van der Waals surface area contributed by atoms with Gasteiger partial charge in [0.1, 0.15) is 0 Å².